The fraction of sp³-hybridized carbons (Fsp3) is 0.379. The van der Waals surface area contributed by atoms with Gasteiger partial charge in [0, 0.05) is 15.6 Å². The van der Waals surface area contributed by atoms with E-state index in [0.29, 0.717) is 52.9 Å². The summed E-state index contributed by atoms with van der Waals surface area (Å²) in [6, 6.07) is 24.2. The monoisotopic (exact) mass is 556 g/mol. The highest BCUT2D eigenvalue weighted by molar-refractivity contribution is 9.10. The molecule has 0 spiro atoms. The van der Waals surface area contributed by atoms with Crippen LogP contribution in [0.15, 0.2) is 77.3 Å². The lowest BCUT2D eigenvalue weighted by Gasteiger charge is -2.22. The minimum atomic E-state index is -0.201. The summed E-state index contributed by atoms with van der Waals surface area (Å²) in [5.41, 5.74) is 4.02. The zero-order valence-corrected chi connectivity index (χ0v) is 22.2. The van der Waals surface area contributed by atoms with Crippen molar-refractivity contribution in [2.24, 2.45) is 0 Å². The first-order valence-corrected chi connectivity index (χ1v) is 13.0. The quantitative estimate of drug-likeness (QED) is 0.392. The van der Waals surface area contributed by atoms with Crippen LogP contribution in [0.4, 0.5) is 0 Å². The standard InChI is InChI=1S/C29H33BrO6/c1-31-29-24-16-26(30)17-25(29)19-34-21-28(23-10-6-3-7-11-23)36-15-13-32-12-14-35-27(20-33-18-24)22-8-4-2-5-9-22/h2-11,16-17,27-28H,12-15,18-21H2,1H3/t27-,28?/m1/s1. The molecular formula is C29H33BrO6. The van der Waals surface area contributed by atoms with Crippen molar-refractivity contribution in [1.82, 2.24) is 0 Å². The SMILES string of the molecule is COc1c2cc(Br)cc1COC[C@H](c1ccccc1)OCCOCCOC(c1ccccc1)COC2. The summed E-state index contributed by atoms with van der Waals surface area (Å²) in [6.07, 6.45) is -0.401. The lowest BCUT2D eigenvalue weighted by atomic mass is 10.1. The first-order valence-electron chi connectivity index (χ1n) is 12.2. The molecule has 0 amide bonds. The number of fused-ring (bicyclic) bond motifs is 2. The normalized spacial score (nSPS) is 20.7. The van der Waals surface area contributed by atoms with Crippen LogP contribution < -0.4 is 4.74 Å². The number of rotatable bonds is 3. The molecule has 0 aromatic heterocycles. The summed E-state index contributed by atoms with van der Waals surface area (Å²) < 4.78 is 37.0. The van der Waals surface area contributed by atoms with Gasteiger partial charge in [0.2, 0.25) is 0 Å². The summed E-state index contributed by atoms with van der Waals surface area (Å²) in [6.45, 7) is 3.45. The van der Waals surface area contributed by atoms with Crippen molar-refractivity contribution in [1.29, 1.82) is 0 Å². The molecule has 1 unspecified atom stereocenters. The molecule has 3 aromatic rings. The summed E-state index contributed by atoms with van der Waals surface area (Å²) in [5, 5.41) is 0. The second kappa shape index (κ2) is 14.5. The van der Waals surface area contributed by atoms with Gasteiger partial charge in [-0.1, -0.05) is 76.6 Å². The number of methoxy groups -OCH3 is 1. The molecule has 2 bridgehead atoms. The first kappa shape index (κ1) is 26.8. The number of ether oxygens (including phenoxy) is 6. The maximum atomic E-state index is 6.15. The summed E-state index contributed by atoms with van der Waals surface area (Å²) in [7, 11) is 1.67. The minimum absolute atomic E-state index is 0.201. The molecule has 1 aliphatic rings. The summed E-state index contributed by atoms with van der Waals surface area (Å²) in [4.78, 5) is 0. The molecule has 0 fully saturated rings. The molecule has 1 aliphatic heterocycles. The van der Waals surface area contributed by atoms with E-state index < -0.39 is 0 Å². The van der Waals surface area contributed by atoms with E-state index in [9.17, 15) is 0 Å². The van der Waals surface area contributed by atoms with Crippen molar-refractivity contribution in [2.75, 3.05) is 46.8 Å². The number of benzene rings is 3. The third-order valence-corrected chi connectivity index (χ3v) is 6.36. The van der Waals surface area contributed by atoms with E-state index in [-0.39, 0.29) is 12.2 Å². The second-order valence-electron chi connectivity index (χ2n) is 8.44. The van der Waals surface area contributed by atoms with Gasteiger partial charge in [0.05, 0.1) is 60.0 Å². The van der Waals surface area contributed by atoms with Gasteiger partial charge in [0.15, 0.2) is 0 Å². The van der Waals surface area contributed by atoms with Crippen LogP contribution in [0.3, 0.4) is 0 Å². The van der Waals surface area contributed by atoms with Crippen LogP contribution in [-0.2, 0) is 36.9 Å². The Bertz CT molecular complexity index is 968. The van der Waals surface area contributed by atoms with Crippen LogP contribution in [0.5, 0.6) is 5.75 Å². The Kier molecular flexibility index (Phi) is 10.8. The van der Waals surface area contributed by atoms with Crippen molar-refractivity contribution in [3.63, 3.8) is 0 Å². The highest BCUT2D eigenvalue weighted by Gasteiger charge is 2.17. The Balaban J connectivity index is 1.53. The third-order valence-electron chi connectivity index (χ3n) is 5.90. The van der Waals surface area contributed by atoms with Crippen LogP contribution in [0, 0.1) is 0 Å². The van der Waals surface area contributed by atoms with Gasteiger partial charge in [-0.3, -0.25) is 0 Å². The first-order chi connectivity index (χ1) is 17.7. The predicted octanol–water partition coefficient (Wildman–Crippen LogP) is 6.04. The molecular weight excluding hydrogens is 524 g/mol. The average molecular weight is 557 g/mol. The van der Waals surface area contributed by atoms with Crippen molar-refractivity contribution in [3.05, 3.63) is 99.5 Å². The Hall–Kier alpha value is -2.26. The van der Waals surface area contributed by atoms with Gasteiger partial charge in [0.1, 0.15) is 18.0 Å². The van der Waals surface area contributed by atoms with E-state index >= 15 is 0 Å². The molecule has 6 nitrogen and oxygen atoms in total. The molecule has 7 heteroatoms. The Labute approximate surface area is 221 Å². The van der Waals surface area contributed by atoms with Gasteiger partial charge < -0.3 is 28.4 Å². The van der Waals surface area contributed by atoms with E-state index in [1.807, 2.05) is 72.8 Å². The molecule has 0 N–H and O–H groups in total. The van der Waals surface area contributed by atoms with E-state index in [2.05, 4.69) is 15.9 Å². The van der Waals surface area contributed by atoms with Crippen LogP contribution in [0.25, 0.3) is 0 Å². The smallest absolute Gasteiger partial charge is 0.129 e. The number of hydrogen-bond acceptors (Lipinski definition) is 6. The highest BCUT2D eigenvalue weighted by Crippen LogP contribution is 2.31. The van der Waals surface area contributed by atoms with E-state index in [1.165, 1.54) is 0 Å². The zero-order chi connectivity index (χ0) is 25.0. The fourth-order valence-corrected chi connectivity index (χ4v) is 4.71. The maximum Gasteiger partial charge on any atom is 0.129 e. The van der Waals surface area contributed by atoms with Gasteiger partial charge in [-0.2, -0.15) is 0 Å². The maximum absolute atomic E-state index is 6.15. The van der Waals surface area contributed by atoms with Gasteiger partial charge in [0.25, 0.3) is 0 Å². The van der Waals surface area contributed by atoms with E-state index in [0.717, 1.165) is 32.5 Å². The van der Waals surface area contributed by atoms with Crippen molar-refractivity contribution in [2.45, 2.75) is 25.4 Å². The Morgan fingerprint density at radius 3 is 1.58 bits per heavy atom. The molecule has 3 aromatic carbocycles. The minimum Gasteiger partial charge on any atom is -0.496 e. The lowest BCUT2D eigenvalue weighted by molar-refractivity contribution is -0.0646. The van der Waals surface area contributed by atoms with Gasteiger partial charge in [-0.25, -0.2) is 0 Å². The van der Waals surface area contributed by atoms with Crippen LogP contribution in [0.2, 0.25) is 0 Å². The van der Waals surface area contributed by atoms with Crippen LogP contribution >= 0.6 is 15.9 Å². The lowest BCUT2D eigenvalue weighted by Crippen LogP contribution is -2.18. The van der Waals surface area contributed by atoms with Crippen LogP contribution in [-0.4, -0.2) is 46.8 Å². The molecule has 36 heavy (non-hydrogen) atoms. The van der Waals surface area contributed by atoms with Gasteiger partial charge in [-0.15, -0.1) is 0 Å². The topological polar surface area (TPSA) is 55.4 Å². The molecule has 1 heterocycles. The third kappa shape index (κ3) is 7.87. The summed E-state index contributed by atoms with van der Waals surface area (Å²) >= 11 is 3.63. The Morgan fingerprint density at radius 1 is 0.667 bits per heavy atom. The molecule has 0 radical (unpaired) electrons. The molecule has 192 valence electrons. The zero-order valence-electron chi connectivity index (χ0n) is 20.6. The van der Waals surface area contributed by atoms with Gasteiger partial charge in [-0.05, 0) is 23.3 Å². The number of hydrogen-bond donors (Lipinski definition) is 0. The average Bonchev–Trinajstić information content (AvgIpc) is 2.91. The fourth-order valence-electron chi connectivity index (χ4n) is 4.16. The van der Waals surface area contributed by atoms with Crippen molar-refractivity contribution >= 4 is 15.9 Å². The highest BCUT2D eigenvalue weighted by atomic mass is 79.9. The van der Waals surface area contributed by atoms with E-state index in [1.54, 1.807) is 7.11 Å². The largest absolute Gasteiger partial charge is 0.496 e. The van der Waals surface area contributed by atoms with Crippen molar-refractivity contribution < 1.29 is 28.4 Å². The summed E-state index contributed by atoms with van der Waals surface area (Å²) in [5.74, 6) is 0.766. The van der Waals surface area contributed by atoms with Gasteiger partial charge >= 0.3 is 0 Å². The second-order valence-corrected chi connectivity index (χ2v) is 9.36. The molecule has 0 saturated heterocycles. The molecule has 4 rings (SSSR count). The molecule has 2 atom stereocenters. The Morgan fingerprint density at radius 2 is 1.14 bits per heavy atom. The van der Waals surface area contributed by atoms with Crippen molar-refractivity contribution in [3.8, 4) is 5.75 Å². The number of halogens is 1. The molecule has 0 saturated carbocycles. The van der Waals surface area contributed by atoms with E-state index in [4.69, 9.17) is 28.4 Å². The van der Waals surface area contributed by atoms with Crippen LogP contribution in [0.1, 0.15) is 34.5 Å². The predicted molar refractivity (Wildman–Crippen MR) is 141 cm³/mol. The molecule has 0 aliphatic carbocycles.